The van der Waals surface area contributed by atoms with E-state index in [4.69, 9.17) is 0 Å². The summed E-state index contributed by atoms with van der Waals surface area (Å²) in [6.45, 7) is 0. The minimum absolute atomic E-state index is 0.161. The van der Waals surface area contributed by atoms with Crippen molar-refractivity contribution >= 4 is 22.4 Å². The fourth-order valence-corrected chi connectivity index (χ4v) is 2.92. The molecule has 2 heterocycles. The van der Waals surface area contributed by atoms with Gasteiger partial charge in [0, 0.05) is 23.3 Å². The standard InChI is InChI=1S/C17H12F3N3OS/c18-17(19,20)13-5-1-3-11(7-13)8-15(24)23-16-22-14(10-25-16)12-4-2-6-21-9-12/h1-7,9-10H,8H2,(H,22,23,24). The van der Waals surface area contributed by atoms with Crippen LogP contribution in [-0.2, 0) is 17.4 Å². The molecular formula is C17H12F3N3OS. The number of hydrogen-bond donors (Lipinski definition) is 1. The van der Waals surface area contributed by atoms with Gasteiger partial charge in [-0.1, -0.05) is 18.2 Å². The van der Waals surface area contributed by atoms with E-state index in [0.717, 1.165) is 17.7 Å². The summed E-state index contributed by atoms with van der Waals surface area (Å²) < 4.78 is 38.1. The van der Waals surface area contributed by atoms with E-state index in [1.54, 1.807) is 23.8 Å². The second kappa shape index (κ2) is 7.02. The minimum atomic E-state index is -4.43. The van der Waals surface area contributed by atoms with Gasteiger partial charge in [0.15, 0.2) is 5.13 Å². The van der Waals surface area contributed by atoms with Crippen LogP contribution in [0.5, 0.6) is 0 Å². The first-order chi connectivity index (χ1) is 11.9. The molecule has 25 heavy (non-hydrogen) atoms. The van der Waals surface area contributed by atoms with Gasteiger partial charge in [0.1, 0.15) is 0 Å². The predicted molar refractivity (Wildman–Crippen MR) is 89.1 cm³/mol. The van der Waals surface area contributed by atoms with Crippen LogP contribution in [0, 0.1) is 0 Å². The van der Waals surface area contributed by atoms with E-state index in [-0.39, 0.29) is 12.0 Å². The Bertz CT molecular complexity index is 878. The molecule has 0 saturated heterocycles. The average molecular weight is 363 g/mol. The van der Waals surface area contributed by atoms with Crippen molar-refractivity contribution in [1.82, 2.24) is 9.97 Å². The Morgan fingerprint density at radius 2 is 2.04 bits per heavy atom. The number of hydrogen-bond acceptors (Lipinski definition) is 4. The van der Waals surface area contributed by atoms with Crippen LogP contribution in [0.2, 0.25) is 0 Å². The number of nitrogens with one attached hydrogen (secondary N) is 1. The maximum atomic E-state index is 12.7. The Morgan fingerprint density at radius 1 is 1.20 bits per heavy atom. The molecule has 1 aromatic carbocycles. The first-order valence-electron chi connectivity index (χ1n) is 7.24. The topological polar surface area (TPSA) is 54.9 Å². The van der Waals surface area contributed by atoms with Crippen molar-refractivity contribution in [3.05, 3.63) is 65.3 Å². The van der Waals surface area contributed by atoms with E-state index in [9.17, 15) is 18.0 Å². The van der Waals surface area contributed by atoms with E-state index in [0.29, 0.717) is 10.8 Å². The van der Waals surface area contributed by atoms with Gasteiger partial charge >= 0.3 is 6.18 Å². The van der Waals surface area contributed by atoms with Crippen LogP contribution in [0.15, 0.2) is 54.2 Å². The van der Waals surface area contributed by atoms with Gasteiger partial charge in [-0.15, -0.1) is 11.3 Å². The number of anilines is 1. The minimum Gasteiger partial charge on any atom is -0.302 e. The lowest BCUT2D eigenvalue weighted by molar-refractivity contribution is -0.137. The lowest BCUT2D eigenvalue weighted by atomic mass is 10.1. The van der Waals surface area contributed by atoms with Crippen molar-refractivity contribution < 1.29 is 18.0 Å². The van der Waals surface area contributed by atoms with Crippen LogP contribution < -0.4 is 5.32 Å². The van der Waals surface area contributed by atoms with Gasteiger partial charge in [-0.25, -0.2) is 4.98 Å². The quantitative estimate of drug-likeness (QED) is 0.747. The lowest BCUT2D eigenvalue weighted by Crippen LogP contribution is -2.15. The lowest BCUT2D eigenvalue weighted by Gasteiger charge is -2.08. The molecule has 0 bridgehead atoms. The molecule has 0 aliphatic rings. The van der Waals surface area contributed by atoms with Gasteiger partial charge in [-0.05, 0) is 23.8 Å². The molecule has 0 atom stereocenters. The fraction of sp³-hybridized carbons (Fsp3) is 0.118. The molecule has 0 unspecified atom stereocenters. The largest absolute Gasteiger partial charge is 0.416 e. The maximum absolute atomic E-state index is 12.7. The van der Waals surface area contributed by atoms with Gasteiger partial charge in [0.25, 0.3) is 0 Å². The van der Waals surface area contributed by atoms with Crippen LogP contribution in [0.25, 0.3) is 11.3 Å². The second-order valence-electron chi connectivity index (χ2n) is 5.20. The smallest absolute Gasteiger partial charge is 0.302 e. The van der Waals surface area contributed by atoms with Crippen molar-refractivity contribution in [3.8, 4) is 11.3 Å². The van der Waals surface area contributed by atoms with Crippen LogP contribution >= 0.6 is 11.3 Å². The van der Waals surface area contributed by atoms with E-state index in [2.05, 4.69) is 15.3 Å². The summed E-state index contributed by atoms with van der Waals surface area (Å²) in [7, 11) is 0. The number of amides is 1. The molecule has 3 rings (SSSR count). The monoisotopic (exact) mass is 363 g/mol. The predicted octanol–water partition coefficient (Wildman–Crippen LogP) is 4.41. The molecule has 0 aliphatic heterocycles. The van der Waals surface area contributed by atoms with Crippen LogP contribution in [-0.4, -0.2) is 15.9 Å². The number of alkyl halides is 3. The molecule has 0 radical (unpaired) electrons. The van der Waals surface area contributed by atoms with Gasteiger partial charge < -0.3 is 5.32 Å². The Balaban J connectivity index is 1.67. The SMILES string of the molecule is O=C(Cc1cccc(C(F)(F)F)c1)Nc1nc(-c2cccnc2)cs1. The number of carbonyl (C=O) groups excluding carboxylic acids is 1. The first-order valence-corrected chi connectivity index (χ1v) is 8.12. The number of halogens is 3. The van der Waals surface area contributed by atoms with Gasteiger partial charge in [-0.3, -0.25) is 9.78 Å². The van der Waals surface area contributed by atoms with E-state index in [1.807, 2.05) is 6.07 Å². The van der Waals surface area contributed by atoms with Crippen molar-refractivity contribution in [2.45, 2.75) is 12.6 Å². The Labute approximate surface area is 145 Å². The highest BCUT2D eigenvalue weighted by atomic mass is 32.1. The van der Waals surface area contributed by atoms with E-state index in [1.165, 1.54) is 23.5 Å². The molecule has 4 nitrogen and oxygen atoms in total. The normalized spacial score (nSPS) is 11.3. The molecule has 2 aromatic heterocycles. The summed E-state index contributed by atoms with van der Waals surface area (Å²) >= 11 is 1.24. The summed E-state index contributed by atoms with van der Waals surface area (Å²) in [5.41, 5.74) is 1.01. The Kier molecular flexibility index (Phi) is 4.80. The molecule has 8 heteroatoms. The van der Waals surface area contributed by atoms with Crippen molar-refractivity contribution in [2.24, 2.45) is 0 Å². The van der Waals surface area contributed by atoms with Crippen LogP contribution in [0.3, 0.4) is 0 Å². The van der Waals surface area contributed by atoms with Crippen molar-refractivity contribution in [2.75, 3.05) is 5.32 Å². The number of nitrogens with zero attached hydrogens (tertiary/aromatic N) is 2. The second-order valence-corrected chi connectivity index (χ2v) is 6.06. The fourth-order valence-electron chi connectivity index (χ4n) is 2.18. The zero-order valence-corrected chi connectivity index (χ0v) is 13.6. The molecule has 0 saturated carbocycles. The summed E-state index contributed by atoms with van der Waals surface area (Å²) in [4.78, 5) is 20.3. The van der Waals surface area contributed by atoms with Crippen molar-refractivity contribution in [3.63, 3.8) is 0 Å². The molecular weight excluding hydrogens is 351 g/mol. The zero-order chi connectivity index (χ0) is 17.9. The maximum Gasteiger partial charge on any atom is 0.416 e. The number of aromatic nitrogens is 2. The van der Waals surface area contributed by atoms with Gasteiger partial charge in [0.2, 0.25) is 5.91 Å². The Hall–Kier alpha value is -2.74. The number of pyridine rings is 1. The number of thiazole rings is 1. The highest BCUT2D eigenvalue weighted by molar-refractivity contribution is 7.14. The van der Waals surface area contributed by atoms with E-state index >= 15 is 0 Å². The third kappa shape index (κ3) is 4.42. The van der Waals surface area contributed by atoms with Crippen molar-refractivity contribution in [1.29, 1.82) is 0 Å². The van der Waals surface area contributed by atoms with Gasteiger partial charge in [-0.2, -0.15) is 13.2 Å². The highest BCUT2D eigenvalue weighted by Gasteiger charge is 2.30. The molecule has 1 N–H and O–H groups in total. The first kappa shape index (κ1) is 17.1. The summed E-state index contributed by atoms with van der Waals surface area (Å²) in [6.07, 6.45) is -1.29. The Morgan fingerprint density at radius 3 is 2.76 bits per heavy atom. The third-order valence-corrected chi connectivity index (χ3v) is 4.08. The van der Waals surface area contributed by atoms with Gasteiger partial charge in [0.05, 0.1) is 17.7 Å². The molecule has 3 aromatic rings. The molecule has 0 fully saturated rings. The number of carbonyl (C=O) groups is 1. The summed E-state index contributed by atoms with van der Waals surface area (Å²) in [5.74, 6) is -0.425. The average Bonchev–Trinajstić information content (AvgIpc) is 3.03. The molecule has 128 valence electrons. The number of benzene rings is 1. The highest BCUT2D eigenvalue weighted by Crippen LogP contribution is 2.29. The molecule has 0 spiro atoms. The summed E-state index contributed by atoms with van der Waals surface area (Å²) in [6, 6.07) is 8.34. The molecule has 1 amide bonds. The third-order valence-electron chi connectivity index (χ3n) is 3.33. The number of rotatable bonds is 4. The summed E-state index contributed by atoms with van der Waals surface area (Å²) in [5, 5.41) is 4.77. The van der Waals surface area contributed by atoms with Crippen LogP contribution in [0.4, 0.5) is 18.3 Å². The van der Waals surface area contributed by atoms with Crippen LogP contribution in [0.1, 0.15) is 11.1 Å². The zero-order valence-electron chi connectivity index (χ0n) is 12.7. The molecule has 0 aliphatic carbocycles. The van der Waals surface area contributed by atoms with E-state index < -0.39 is 17.6 Å².